The SMILES string of the molecule is Cc1ccccc1Nc1ncnc2sc(C)c(-c3ccc(Br)cc3)c12. The fraction of sp³-hybridized carbons (Fsp3) is 0.100. The van der Waals surface area contributed by atoms with Crippen LogP contribution in [0.2, 0.25) is 0 Å². The highest BCUT2D eigenvalue weighted by molar-refractivity contribution is 9.10. The zero-order valence-corrected chi connectivity index (χ0v) is 16.3. The summed E-state index contributed by atoms with van der Waals surface area (Å²) in [6, 6.07) is 16.6. The summed E-state index contributed by atoms with van der Waals surface area (Å²) in [5.41, 5.74) is 4.62. The average molecular weight is 410 g/mol. The minimum absolute atomic E-state index is 0.849. The molecule has 2 heterocycles. The van der Waals surface area contributed by atoms with Crippen molar-refractivity contribution in [2.24, 2.45) is 0 Å². The van der Waals surface area contributed by atoms with Crippen molar-refractivity contribution in [3.63, 3.8) is 0 Å². The van der Waals surface area contributed by atoms with Gasteiger partial charge in [-0.3, -0.25) is 0 Å². The summed E-state index contributed by atoms with van der Waals surface area (Å²) in [5.74, 6) is 0.849. The first kappa shape index (κ1) is 16.2. The Morgan fingerprint density at radius 2 is 1.72 bits per heavy atom. The molecule has 0 aliphatic carbocycles. The second-order valence-electron chi connectivity index (χ2n) is 5.88. The van der Waals surface area contributed by atoms with Gasteiger partial charge in [0.15, 0.2) is 0 Å². The first-order valence-corrected chi connectivity index (χ1v) is 9.57. The van der Waals surface area contributed by atoms with Crippen LogP contribution in [0.4, 0.5) is 11.5 Å². The Labute approximate surface area is 158 Å². The molecule has 124 valence electrons. The summed E-state index contributed by atoms with van der Waals surface area (Å²) < 4.78 is 1.07. The molecule has 0 atom stereocenters. The normalized spacial score (nSPS) is 11.0. The molecule has 0 amide bonds. The maximum absolute atomic E-state index is 4.54. The molecule has 0 fully saturated rings. The van der Waals surface area contributed by atoms with Crippen molar-refractivity contribution < 1.29 is 0 Å². The maximum Gasteiger partial charge on any atom is 0.143 e. The van der Waals surface area contributed by atoms with Crippen LogP contribution in [0.15, 0.2) is 59.3 Å². The molecule has 0 aliphatic heterocycles. The van der Waals surface area contributed by atoms with Gasteiger partial charge in [0, 0.05) is 20.6 Å². The fourth-order valence-electron chi connectivity index (χ4n) is 2.94. The lowest BCUT2D eigenvalue weighted by Crippen LogP contribution is -1.97. The number of rotatable bonds is 3. The molecular weight excluding hydrogens is 394 g/mol. The number of anilines is 2. The Morgan fingerprint density at radius 1 is 0.960 bits per heavy atom. The average Bonchev–Trinajstić information content (AvgIpc) is 2.95. The van der Waals surface area contributed by atoms with Crippen LogP contribution in [0.3, 0.4) is 0 Å². The van der Waals surface area contributed by atoms with Gasteiger partial charge in [-0.05, 0) is 43.2 Å². The maximum atomic E-state index is 4.54. The number of benzene rings is 2. The fourth-order valence-corrected chi connectivity index (χ4v) is 4.22. The van der Waals surface area contributed by atoms with Gasteiger partial charge in [-0.15, -0.1) is 11.3 Å². The van der Waals surface area contributed by atoms with E-state index < -0.39 is 0 Å². The second-order valence-corrected chi connectivity index (χ2v) is 8.00. The van der Waals surface area contributed by atoms with E-state index in [1.165, 1.54) is 21.6 Å². The molecule has 25 heavy (non-hydrogen) atoms. The smallest absolute Gasteiger partial charge is 0.143 e. The molecule has 4 aromatic rings. The number of hydrogen-bond acceptors (Lipinski definition) is 4. The Kier molecular flexibility index (Phi) is 4.27. The van der Waals surface area contributed by atoms with E-state index in [4.69, 9.17) is 0 Å². The standard InChI is InChI=1S/C20H16BrN3S/c1-12-5-3-4-6-16(12)24-19-18-17(14-7-9-15(21)10-8-14)13(2)25-20(18)23-11-22-19/h3-11H,1-2H3,(H,22,23,24). The molecule has 1 N–H and O–H groups in total. The van der Waals surface area contributed by atoms with Gasteiger partial charge < -0.3 is 5.32 Å². The van der Waals surface area contributed by atoms with E-state index in [0.29, 0.717) is 0 Å². The Hall–Kier alpha value is -2.24. The zero-order chi connectivity index (χ0) is 17.4. The summed E-state index contributed by atoms with van der Waals surface area (Å²) in [6.45, 7) is 4.23. The number of hydrogen-bond donors (Lipinski definition) is 1. The summed E-state index contributed by atoms with van der Waals surface area (Å²) in [4.78, 5) is 11.3. The lowest BCUT2D eigenvalue weighted by molar-refractivity contribution is 1.23. The van der Waals surface area contributed by atoms with Gasteiger partial charge >= 0.3 is 0 Å². The van der Waals surface area contributed by atoms with Crippen molar-refractivity contribution in [2.75, 3.05) is 5.32 Å². The molecule has 0 radical (unpaired) electrons. The third-order valence-corrected chi connectivity index (χ3v) is 5.74. The molecule has 0 aliphatic rings. The van der Waals surface area contributed by atoms with E-state index in [1.54, 1.807) is 17.7 Å². The Bertz CT molecular complexity index is 1050. The number of nitrogens with zero attached hydrogens (tertiary/aromatic N) is 2. The topological polar surface area (TPSA) is 37.8 Å². The van der Waals surface area contributed by atoms with Crippen molar-refractivity contribution in [1.29, 1.82) is 0 Å². The molecule has 4 rings (SSSR count). The van der Waals surface area contributed by atoms with Crippen LogP contribution in [-0.2, 0) is 0 Å². The van der Waals surface area contributed by atoms with Crippen molar-refractivity contribution >= 4 is 49.0 Å². The van der Waals surface area contributed by atoms with Crippen molar-refractivity contribution in [3.05, 3.63) is 69.8 Å². The highest BCUT2D eigenvalue weighted by atomic mass is 79.9. The molecule has 2 aromatic heterocycles. The summed E-state index contributed by atoms with van der Waals surface area (Å²) in [6.07, 6.45) is 1.63. The second kappa shape index (κ2) is 6.58. The molecule has 0 spiro atoms. The molecule has 0 bridgehead atoms. The van der Waals surface area contributed by atoms with Crippen molar-refractivity contribution in [1.82, 2.24) is 9.97 Å². The molecule has 0 saturated heterocycles. The summed E-state index contributed by atoms with van der Waals surface area (Å²) in [5, 5.41) is 4.58. The van der Waals surface area contributed by atoms with Gasteiger partial charge in [-0.2, -0.15) is 0 Å². The van der Waals surface area contributed by atoms with Crippen LogP contribution in [0.1, 0.15) is 10.4 Å². The molecule has 5 heteroatoms. The molecule has 0 saturated carbocycles. The van der Waals surface area contributed by atoms with E-state index in [-0.39, 0.29) is 0 Å². The van der Waals surface area contributed by atoms with Gasteiger partial charge in [0.1, 0.15) is 17.0 Å². The minimum Gasteiger partial charge on any atom is -0.339 e. The number of aromatic nitrogens is 2. The van der Waals surface area contributed by atoms with Gasteiger partial charge in [-0.25, -0.2) is 9.97 Å². The Morgan fingerprint density at radius 3 is 2.48 bits per heavy atom. The van der Waals surface area contributed by atoms with Crippen molar-refractivity contribution in [2.45, 2.75) is 13.8 Å². The summed E-state index contributed by atoms with van der Waals surface area (Å²) >= 11 is 5.21. The van der Waals surface area contributed by atoms with Crippen LogP contribution in [0.5, 0.6) is 0 Å². The van der Waals surface area contributed by atoms with E-state index in [2.05, 4.69) is 81.5 Å². The molecule has 2 aromatic carbocycles. The highest BCUT2D eigenvalue weighted by Crippen LogP contribution is 2.41. The number of nitrogens with one attached hydrogen (secondary N) is 1. The van der Waals surface area contributed by atoms with E-state index in [9.17, 15) is 0 Å². The number of thiophene rings is 1. The number of fused-ring (bicyclic) bond motifs is 1. The van der Waals surface area contributed by atoms with E-state index in [0.717, 1.165) is 26.2 Å². The van der Waals surface area contributed by atoms with E-state index in [1.807, 2.05) is 12.1 Å². The van der Waals surface area contributed by atoms with Crippen LogP contribution >= 0.6 is 27.3 Å². The number of para-hydroxylation sites is 1. The Balaban J connectivity index is 1.91. The van der Waals surface area contributed by atoms with Crippen LogP contribution in [-0.4, -0.2) is 9.97 Å². The lowest BCUT2D eigenvalue weighted by Gasteiger charge is -2.11. The molecular formula is C20H16BrN3S. The van der Waals surface area contributed by atoms with Crippen LogP contribution in [0, 0.1) is 13.8 Å². The highest BCUT2D eigenvalue weighted by Gasteiger charge is 2.17. The molecule has 3 nitrogen and oxygen atoms in total. The van der Waals surface area contributed by atoms with Crippen molar-refractivity contribution in [3.8, 4) is 11.1 Å². The predicted octanol–water partition coefficient (Wildman–Crippen LogP) is 6.48. The summed E-state index contributed by atoms with van der Waals surface area (Å²) in [7, 11) is 0. The quantitative estimate of drug-likeness (QED) is 0.420. The lowest BCUT2D eigenvalue weighted by atomic mass is 10.0. The first-order chi connectivity index (χ1) is 12.1. The van der Waals surface area contributed by atoms with Gasteiger partial charge in [0.05, 0.1) is 5.39 Å². The largest absolute Gasteiger partial charge is 0.339 e. The third-order valence-electron chi connectivity index (χ3n) is 4.20. The minimum atomic E-state index is 0.849. The van der Waals surface area contributed by atoms with Gasteiger partial charge in [0.2, 0.25) is 0 Å². The van der Waals surface area contributed by atoms with Gasteiger partial charge in [-0.1, -0.05) is 46.3 Å². The molecule has 0 unspecified atom stereocenters. The van der Waals surface area contributed by atoms with Crippen LogP contribution < -0.4 is 5.32 Å². The monoisotopic (exact) mass is 409 g/mol. The number of halogens is 1. The van der Waals surface area contributed by atoms with Crippen LogP contribution in [0.25, 0.3) is 21.3 Å². The zero-order valence-electron chi connectivity index (χ0n) is 13.9. The predicted molar refractivity (Wildman–Crippen MR) is 110 cm³/mol. The number of aryl methyl sites for hydroxylation is 2. The first-order valence-electron chi connectivity index (χ1n) is 7.96. The third kappa shape index (κ3) is 3.05. The van der Waals surface area contributed by atoms with E-state index >= 15 is 0 Å². The van der Waals surface area contributed by atoms with Gasteiger partial charge in [0.25, 0.3) is 0 Å².